The minimum atomic E-state index is 0.497. The quantitative estimate of drug-likeness (QED) is 0.645. The van der Waals surface area contributed by atoms with Gasteiger partial charge < -0.3 is 9.47 Å². The van der Waals surface area contributed by atoms with Gasteiger partial charge in [-0.05, 0) is 26.0 Å². The molecule has 0 heterocycles. The standard InChI is InChI=1S/C11H15O2/c1-3-12-8-9-13-11-6-4-10(2)5-7-11/h4-7H,1,3,8-9H2,2H3. The van der Waals surface area contributed by atoms with Gasteiger partial charge in [0.25, 0.3) is 0 Å². The highest BCUT2D eigenvalue weighted by atomic mass is 16.5. The first-order valence-electron chi connectivity index (χ1n) is 4.39. The second kappa shape index (κ2) is 5.60. The van der Waals surface area contributed by atoms with Gasteiger partial charge in [-0.25, -0.2) is 0 Å². The molecule has 0 aliphatic rings. The molecule has 1 rings (SSSR count). The van der Waals surface area contributed by atoms with Crippen LogP contribution in [0, 0.1) is 13.8 Å². The summed E-state index contributed by atoms with van der Waals surface area (Å²) >= 11 is 0. The molecule has 0 aromatic heterocycles. The lowest BCUT2D eigenvalue weighted by molar-refractivity contribution is 0.120. The van der Waals surface area contributed by atoms with Gasteiger partial charge in [-0.1, -0.05) is 17.7 Å². The smallest absolute Gasteiger partial charge is 0.119 e. The van der Waals surface area contributed by atoms with Crippen LogP contribution in [0.3, 0.4) is 0 Å². The van der Waals surface area contributed by atoms with Crippen molar-refractivity contribution >= 4 is 0 Å². The van der Waals surface area contributed by atoms with Crippen LogP contribution in [0.15, 0.2) is 24.3 Å². The van der Waals surface area contributed by atoms with E-state index in [-0.39, 0.29) is 0 Å². The molecule has 71 valence electrons. The van der Waals surface area contributed by atoms with Crippen LogP contribution in [0.2, 0.25) is 0 Å². The molecule has 1 aromatic rings. The first-order valence-corrected chi connectivity index (χ1v) is 4.39. The molecule has 1 aromatic carbocycles. The maximum atomic E-state index is 5.41. The molecule has 0 saturated carbocycles. The van der Waals surface area contributed by atoms with Crippen molar-refractivity contribution in [1.29, 1.82) is 0 Å². The van der Waals surface area contributed by atoms with Crippen LogP contribution in [0.4, 0.5) is 0 Å². The van der Waals surface area contributed by atoms with Crippen molar-refractivity contribution in [3.05, 3.63) is 36.8 Å². The number of hydrogen-bond donors (Lipinski definition) is 0. The molecule has 0 bridgehead atoms. The summed E-state index contributed by atoms with van der Waals surface area (Å²) in [5, 5.41) is 0. The van der Waals surface area contributed by atoms with Crippen LogP contribution >= 0.6 is 0 Å². The van der Waals surface area contributed by atoms with E-state index >= 15 is 0 Å². The Hall–Kier alpha value is -1.02. The fraction of sp³-hybridized carbons (Fsp3) is 0.364. The number of rotatable bonds is 5. The monoisotopic (exact) mass is 179 g/mol. The molecule has 13 heavy (non-hydrogen) atoms. The molecular formula is C11H15O2. The van der Waals surface area contributed by atoms with Crippen molar-refractivity contribution < 1.29 is 9.47 Å². The highest BCUT2D eigenvalue weighted by Crippen LogP contribution is 2.10. The highest BCUT2D eigenvalue weighted by Gasteiger charge is 1.91. The second-order valence-corrected chi connectivity index (χ2v) is 2.77. The Labute approximate surface area is 79.5 Å². The molecule has 1 radical (unpaired) electrons. The fourth-order valence-corrected chi connectivity index (χ4v) is 0.955. The van der Waals surface area contributed by atoms with Crippen molar-refractivity contribution in [2.24, 2.45) is 0 Å². The minimum Gasteiger partial charge on any atom is -0.491 e. The van der Waals surface area contributed by atoms with Crippen molar-refractivity contribution in [3.63, 3.8) is 0 Å². The largest absolute Gasteiger partial charge is 0.491 e. The molecule has 0 amide bonds. The summed E-state index contributed by atoms with van der Waals surface area (Å²) in [4.78, 5) is 0. The molecule has 0 N–H and O–H groups in total. The van der Waals surface area contributed by atoms with Gasteiger partial charge in [0, 0.05) is 6.61 Å². The van der Waals surface area contributed by atoms with Gasteiger partial charge in [-0.15, -0.1) is 0 Å². The van der Waals surface area contributed by atoms with Gasteiger partial charge in [0.05, 0.1) is 6.61 Å². The molecule has 0 spiro atoms. The maximum Gasteiger partial charge on any atom is 0.119 e. The van der Waals surface area contributed by atoms with Crippen LogP contribution in [-0.2, 0) is 4.74 Å². The number of aryl methyl sites for hydroxylation is 1. The van der Waals surface area contributed by atoms with Gasteiger partial charge in [-0.2, -0.15) is 0 Å². The summed E-state index contributed by atoms with van der Waals surface area (Å²) < 4.78 is 10.5. The van der Waals surface area contributed by atoms with Crippen molar-refractivity contribution in [2.45, 2.75) is 6.92 Å². The Morgan fingerprint density at radius 3 is 2.46 bits per heavy atom. The van der Waals surface area contributed by atoms with E-state index in [0.29, 0.717) is 19.8 Å². The number of ether oxygens (including phenoxy) is 2. The Morgan fingerprint density at radius 2 is 1.85 bits per heavy atom. The lowest BCUT2D eigenvalue weighted by Gasteiger charge is -2.05. The summed E-state index contributed by atoms with van der Waals surface area (Å²) in [6.07, 6.45) is 0. The predicted molar refractivity (Wildman–Crippen MR) is 52.9 cm³/mol. The Balaban J connectivity index is 2.25. The summed E-state index contributed by atoms with van der Waals surface area (Å²) in [5.41, 5.74) is 1.24. The fourth-order valence-electron chi connectivity index (χ4n) is 0.955. The average Bonchev–Trinajstić information content (AvgIpc) is 2.15. The highest BCUT2D eigenvalue weighted by molar-refractivity contribution is 5.26. The van der Waals surface area contributed by atoms with Gasteiger partial charge in [0.1, 0.15) is 12.4 Å². The average molecular weight is 179 g/mol. The molecule has 0 atom stereocenters. The number of hydrogen-bond acceptors (Lipinski definition) is 2. The second-order valence-electron chi connectivity index (χ2n) is 2.77. The summed E-state index contributed by atoms with van der Waals surface area (Å²) in [6.45, 7) is 7.29. The molecule has 0 aliphatic carbocycles. The van der Waals surface area contributed by atoms with Crippen LogP contribution < -0.4 is 4.74 Å². The SMILES string of the molecule is [CH2]COCCOc1ccc(C)cc1. The lowest BCUT2D eigenvalue weighted by Crippen LogP contribution is -2.06. The van der Waals surface area contributed by atoms with Crippen molar-refractivity contribution in [1.82, 2.24) is 0 Å². The number of benzene rings is 1. The first kappa shape index (κ1) is 10.1. The van der Waals surface area contributed by atoms with E-state index in [0.717, 1.165) is 5.75 Å². The van der Waals surface area contributed by atoms with Gasteiger partial charge in [0.2, 0.25) is 0 Å². The summed E-state index contributed by atoms with van der Waals surface area (Å²) in [5.74, 6) is 0.887. The normalized spacial score (nSPS) is 10.0. The molecule has 2 nitrogen and oxygen atoms in total. The van der Waals surface area contributed by atoms with E-state index in [9.17, 15) is 0 Å². The van der Waals surface area contributed by atoms with Crippen LogP contribution in [0.25, 0.3) is 0 Å². The van der Waals surface area contributed by atoms with Crippen LogP contribution in [0.5, 0.6) is 5.75 Å². The molecule has 0 fully saturated rings. The predicted octanol–water partition coefficient (Wildman–Crippen LogP) is 2.22. The van der Waals surface area contributed by atoms with E-state index in [2.05, 4.69) is 13.8 Å². The van der Waals surface area contributed by atoms with Crippen LogP contribution in [-0.4, -0.2) is 19.8 Å². The Kier molecular flexibility index (Phi) is 4.33. The zero-order valence-corrected chi connectivity index (χ0v) is 7.95. The van der Waals surface area contributed by atoms with Crippen LogP contribution in [0.1, 0.15) is 5.56 Å². The molecule has 0 aliphatic heterocycles. The topological polar surface area (TPSA) is 18.5 Å². The van der Waals surface area contributed by atoms with Gasteiger partial charge in [-0.3, -0.25) is 0 Å². The zero-order valence-electron chi connectivity index (χ0n) is 7.95. The molecule has 0 unspecified atom stereocenters. The minimum absolute atomic E-state index is 0.497. The van der Waals surface area contributed by atoms with E-state index in [4.69, 9.17) is 9.47 Å². The lowest BCUT2D eigenvalue weighted by atomic mass is 10.2. The van der Waals surface area contributed by atoms with E-state index < -0.39 is 0 Å². The van der Waals surface area contributed by atoms with Gasteiger partial charge >= 0.3 is 0 Å². The Bertz CT molecular complexity index is 228. The summed E-state index contributed by atoms with van der Waals surface area (Å²) in [7, 11) is 0. The van der Waals surface area contributed by atoms with Crippen molar-refractivity contribution in [3.8, 4) is 5.75 Å². The maximum absolute atomic E-state index is 5.41. The first-order chi connectivity index (χ1) is 6.33. The zero-order chi connectivity index (χ0) is 9.52. The van der Waals surface area contributed by atoms with Crippen molar-refractivity contribution in [2.75, 3.05) is 19.8 Å². The van der Waals surface area contributed by atoms with E-state index in [1.807, 2.05) is 24.3 Å². The van der Waals surface area contributed by atoms with E-state index in [1.165, 1.54) is 5.56 Å². The van der Waals surface area contributed by atoms with Gasteiger partial charge in [0.15, 0.2) is 0 Å². The third-order valence-corrected chi connectivity index (χ3v) is 1.66. The Morgan fingerprint density at radius 1 is 1.15 bits per heavy atom. The molecule has 2 heteroatoms. The molecule has 0 saturated heterocycles. The molecular weight excluding hydrogens is 164 g/mol. The summed E-state index contributed by atoms with van der Waals surface area (Å²) in [6, 6.07) is 7.97. The third kappa shape index (κ3) is 3.95. The third-order valence-electron chi connectivity index (χ3n) is 1.66. The van der Waals surface area contributed by atoms with E-state index in [1.54, 1.807) is 0 Å².